The molecule has 0 bridgehead atoms. The van der Waals surface area contributed by atoms with Crippen LogP contribution in [0.1, 0.15) is 5.56 Å². The number of aliphatic hydroxyl groups is 3. The molecule has 1 aromatic rings. The van der Waals surface area contributed by atoms with Crippen molar-refractivity contribution in [3.8, 4) is 0 Å². The zero-order valence-corrected chi connectivity index (χ0v) is 7.66. The Kier molecular flexibility index (Phi) is 2.78. The predicted molar refractivity (Wildman–Crippen MR) is 49.3 cm³/mol. The van der Waals surface area contributed by atoms with Crippen LogP contribution in [0, 0.1) is 0 Å². The number of hydrogen-bond donors (Lipinski definition) is 5. The Hall–Kier alpha value is -1.47. The van der Waals surface area contributed by atoms with E-state index >= 15 is 0 Å². The molecule has 0 aliphatic rings. The van der Waals surface area contributed by atoms with Gasteiger partial charge in [-0.25, -0.2) is 4.79 Å². The molecule has 15 heavy (non-hydrogen) atoms. The van der Waals surface area contributed by atoms with E-state index in [-0.39, 0.29) is 5.56 Å². The lowest BCUT2D eigenvalue weighted by Crippen LogP contribution is -2.63. The van der Waals surface area contributed by atoms with Crippen molar-refractivity contribution in [3.63, 3.8) is 0 Å². The van der Waals surface area contributed by atoms with Crippen molar-refractivity contribution in [2.75, 3.05) is 0 Å². The standard InChI is InChI=1S/C9H11NO5/c10-8(13,7(11)12)9(14,15)6-4-2-1-3-5-6/h1-5,13-15H,10H2,(H,11,12)/t8-/m0/s1. The summed E-state index contributed by atoms with van der Waals surface area (Å²) < 4.78 is 0. The molecular formula is C9H11NO5. The molecule has 6 nitrogen and oxygen atoms in total. The van der Waals surface area contributed by atoms with Crippen molar-refractivity contribution < 1.29 is 25.2 Å². The largest absolute Gasteiger partial charge is 0.478 e. The number of carbonyl (C=O) groups is 1. The molecule has 0 aromatic heterocycles. The molecule has 0 aliphatic heterocycles. The summed E-state index contributed by atoms with van der Waals surface area (Å²) in [6.45, 7) is 0. The summed E-state index contributed by atoms with van der Waals surface area (Å²) in [6.07, 6.45) is 0. The monoisotopic (exact) mass is 213 g/mol. The van der Waals surface area contributed by atoms with Gasteiger partial charge in [0.25, 0.3) is 5.72 Å². The molecule has 0 amide bonds. The Bertz CT molecular complexity index is 360. The maximum Gasteiger partial charge on any atom is 0.357 e. The van der Waals surface area contributed by atoms with Crippen molar-refractivity contribution in [2.45, 2.75) is 11.5 Å². The second kappa shape index (κ2) is 3.59. The molecule has 6 N–H and O–H groups in total. The van der Waals surface area contributed by atoms with Crippen LogP contribution in [-0.4, -0.2) is 32.1 Å². The highest BCUT2D eigenvalue weighted by molar-refractivity contribution is 5.78. The van der Waals surface area contributed by atoms with Gasteiger partial charge in [-0.1, -0.05) is 30.3 Å². The smallest absolute Gasteiger partial charge is 0.357 e. The van der Waals surface area contributed by atoms with Crippen molar-refractivity contribution >= 4 is 5.97 Å². The highest BCUT2D eigenvalue weighted by Crippen LogP contribution is 2.26. The SMILES string of the molecule is N[C@](O)(C(=O)O)C(O)(O)c1ccccc1. The first-order valence-corrected chi connectivity index (χ1v) is 4.05. The quantitative estimate of drug-likeness (QED) is 0.391. The molecule has 0 unspecified atom stereocenters. The number of carboxylic acids is 1. The van der Waals surface area contributed by atoms with Crippen molar-refractivity contribution in [3.05, 3.63) is 35.9 Å². The van der Waals surface area contributed by atoms with Crippen molar-refractivity contribution in [1.82, 2.24) is 0 Å². The molecule has 0 saturated carbocycles. The van der Waals surface area contributed by atoms with Crippen molar-refractivity contribution in [2.24, 2.45) is 5.73 Å². The van der Waals surface area contributed by atoms with Crippen LogP contribution < -0.4 is 5.73 Å². The summed E-state index contributed by atoms with van der Waals surface area (Å²) in [6, 6.07) is 6.97. The molecule has 0 fully saturated rings. The van der Waals surface area contributed by atoms with E-state index in [0.29, 0.717) is 0 Å². The first kappa shape index (κ1) is 11.6. The third-order valence-corrected chi connectivity index (χ3v) is 2.03. The van der Waals surface area contributed by atoms with Crippen LogP contribution in [0.15, 0.2) is 30.3 Å². The van der Waals surface area contributed by atoms with Crippen LogP contribution in [-0.2, 0) is 10.6 Å². The Labute approximate surface area is 85.2 Å². The fourth-order valence-corrected chi connectivity index (χ4v) is 1.04. The van der Waals surface area contributed by atoms with E-state index in [1.807, 2.05) is 0 Å². The van der Waals surface area contributed by atoms with Gasteiger partial charge in [-0.05, 0) is 0 Å². The second-order valence-electron chi connectivity index (χ2n) is 3.11. The molecule has 1 atom stereocenters. The average Bonchev–Trinajstić information content (AvgIpc) is 2.18. The summed E-state index contributed by atoms with van der Waals surface area (Å²) in [5, 5.41) is 36.8. The van der Waals surface area contributed by atoms with Crippen LogP contribution in [0.25, 0.3) is 0 Å². The Morgan fingerprint density at radius 3 is 2.00 bits per heavy atom. The molecule has 0 spiro atoms. The fraction of sp³-hybridized carbons (Fsp3) is 0.222. The van der Waals surface area contributed by atoms with Gasteiger partial charge in [0.1, 0.15) is 0 Å². The average molecular weight is 213 g/mol. The van der Waals surface area contributed by atoms with Crippen LogP contribution in [0.3, 0.4) is 0 Å². The molecule has 1 aromatic carbocycles. The van der Waals surface area contributed by atoms with Crippen LogP contribution in [0.2, 0.25) is 0 Å². The minimum absolute atomic E-state index is 0.211. The third kappa shape index (κ3) is 1.83. The van der Waals surface area contributed by atoms with E-state index in [1.165, 1.54) is 24.3 Å². The minimum Gasteiger partial charge on any atom is -0.478 e. The number of rotatable bonds is 3. The first-order valence-electron chi connectivity index (χ1n) is 4.05. The van der Waals surface area contributed by atoms with E-state index in [4.69, 9.17) is 10.8 Å². The summed E-state index contributed by atoms with van der Waals surface area (Å²) in [5.74, 6) is -4.99. The number of aliphatic carboxylic acids is 1. The van der Waals surface area contributed by atoms with Gasteiger partial charge >= 0.3 is 5.97 Å². The zero-order valence-electron chi connectivity index (χ0n) is 7.66. The number of carboxylic acid groups (broad SMARTS) is 1. The van der Waals surface area contributed by atoms with E-state index in [0.717, 1.165) is 0 Å². The van der Waals surface area contributed by atoms with E-state index < -0.39 is 17.5 Å². The molecule has 0 aliphatic carbocycles. The molecule has 0 radical (unpaired) electrons. The number of hydrogen-bond acceptors (Lipinski definition) is 5. The zero-order chi connectivity index (χ0) is 11.7. The van der Waals surface area contributed by atoms with Crippen LogP contribution >= 0.6 is 0 Å². The normalized spacial score (nSPS) is 15.7. The molecule has 82 valence electrons. The van der Waals surface area contributed by atoms with Gasteiger partial charge in [-0.2, -0.15) is 0 Å². The molecular weight excluding hydrogens is 202 g/mol. The maximum atomic E-state index is 10.5. The lowest BCUT2D eigenvalue weighted by Gasteiger charge is -2.32. The van der Waals surface area contributed by atoms with E-state index in [1.54, 1.807) is 6.07 Å². The van der Waals surface area contributed by atoms with Gasteiger partial charge in [0.2, 0.25) is 5.79 Å². The lowest BCUT2D eigenvalue weighted by atomic mass is 9.95. The highest BCUT2D eigenvalue weighted by atomic mass is 16.5. The van der Waals surface area contributed by atoms with Crippen LogP contribution in [0.4, 0.5) is 0 Å². The summed E-state index contributed by atoms with van der Waals surface area (Å²) >= 11 is 0. The summed E-state index contributed by atoms with van der Waals surface area (Å²) in [7, 11) is 0. The van der Waals surface area contributed by atoms with Gasteiger partial charge in [0.05, 0.1) is 0 Å². The third-order valence-electron chi connectivity index (χ3n) is 2.03. The number of benzene rings is 1. The lowest BCUT2D eigenvalue weighted by molar-refractivity contribution is -0.280. The van der Waals surface area contributed by atoms with Gasteiger partial charge in [0, 0.05) is 5.56 Å². The van der Waals surface area contributed by atoms with Gasteiger partial charge in [-0.3, -0.25) is 5.73 Å². The molecule has 0 saturated heterocycles. The predicted octanol–water partition coefficient (Wildman–Crippen LogP) is -1.44. The van der Waals surface area contributed by atoms with Gasteiger partial charge in [-0.15, -0.1) is 0 Å². The topological polar surface area (TPSA) is 124 Å². The summed E-state index contributed by atoms with van der Waals surface area (Å²) in [5.41, 5.74) is 1.54. The van der Waals surface area contributed by atoms with Gasteiger partial charge in [0.15, 0.2) is 0 Å². The van der Waals surface area contributed by atoms with Crippen molar-refractivity contribution in [1.29, 1.82) is 0 Å². The minimum atomic E-state index is -3.17. The fourth-order valence-electron chi connectivity index (χ4n) is 1.04. The highest BCUT2D eigenvalue weighted by Gasteiger charge is 2.53. The molecule has 6 heteroatoms. The maximum absolute atomic E-state index is 10.5. The Balaban J connectivity index is 3.19. The molecule has 1 rings (SSSR count). The van der Waals surface area contributed by atoms with E-state index in [2.05, 4.69) is 0 Å². The number of nitrogens with two attached hydrogens (primary N) is 1. The molecule has 0 heterocycles. The second-order valence-corrected chi connectivity index (χ2v) is 3.11. The Morgan fingerprint density at radius 1 is 1.13 bits per heavy atom. The first-order chi connectivity index (χ1) is 6.80. The van der Waals surface area contributed by atoms with Crippen LogP contribution in [0.5, 0.6) is 0 Å². The summed E-state index contributed by atoms with van der Waals surface area (Å²) in [4.78, 5) is 10.5. The van der Waals surface area contributed by atoms with Gasteiger partial charge < -0.3 is 20.4 Å². The Morgan fingerprint density at radius 2 is 1.60 bits per heavy atom. The van der Waals surface area contributed by atoms with E-state index in [9.17, 15) is 20.1 Å².